The molecule has 0 unspecified atom stereocenters. The number of carbonyl (C=O) groups is 2. The molecule has 104 valence electrons. The van der Waals surface area contributed by atoms with E-state index in [1.54, 1.807) is 25.7 Å². The van der Waals surface area contributed by atoms with Gasteiger partial charge in [0.2, 0.25) is 5.91 Å². The van der Waals surface area contributed by atoms with E-state index < -0.39 is 16.4 Å². The lowest BCUT2D eigenvalue weighted by Crippen LogP contribution is -2.42. The molecule has 0 aromatic rings. The molecule has 1 aliphatic heterocycles. The maximum absolute atomic E-state index is 11.8. The fourth-order valence-electron chi connectivity index (χ4n) is 1.65. The SMILES string of the molecule is CC(C)(C)OC(=O)CCC(=O)N1CCS(=O)CC1. The molecule has 1 aliphatic rings. The molecule has 0 aliphatic carbocycles. The highest BCUT2D eigenvalue weighted by molar-refractivity contribution is 7.85. The molecular weight excluding hydrogens is 254 g/mol. The zero-order valence-corrected chi connectivity index (χ0v) is 12.0. The van der Waals surface area contributed by atoms with Crippen molar-refractivity contribution >= 4 is 22.7 Å². The van der Waals surface area contributed by atoms with Gasteiger partial charge in [-0.3, -0.25) is 13.8 Å². The van der Waals surface area contributed by atoms with Crippen LogP contribution in [-0.2, 0) is 25.1 Å². The summed E-state index contributed by atoms with van der Waals surface area (Å²) in [5.74, 6) is 0.671. The van der Waals surface area contributed by atoms with Crippen LogP contribution >= 0.6 is 0 Å². The van der Waals surface area contributed by atoms with Gasteiger partial charge in [0.15, 0.2) is 0 Å². The maximum Gasteiger partial charge on any atom is 0.306 e. The summed E-state index contributed by atoms with van der Waals surface area (Å²) in [6, 6.07) is 0. The van der Waals surface area contributed by atoms with E-state index >= 15 is 0 Å². The molecule has 1 amide bonds. The summed E-state index contributed by atoms with van der Waals surface area (Å²) in [5.41, 5.74) is -0.512. The second-order valence-corrected chi connectivity index (χ2v) is 7.01. The average molecular weight is 275 g/mol. The third kappa shape index (κ3) is 5.62. The van der Waals surface area contributed by atoms with E-state index in [1.807, 2.05) is 0 Å². The van der Waals surface area contributed by atoms with Crippen LogP contribution in [0, 0.1) is 0 Å². The fourth-order valence-corrected chi connectivity index (χ4v) is 2.70. The molecule has 0 saturated carbocycles. The second-order valence-electron chi connectivity index (χ2n) is 5.32. The number of hydrogen-bond donors (Lipinski definition) is 0. The number of carbonyl (C=O) groups excluding carboxylic acids is 2. The number of ether oxygens (including phenoxy) is 1. The van der Waals surface area contributed by atoms with Crippen LogP contribution in [-0.4, -0.2) is 51.2 Å². The Kier molecular flexibility index (Phi) is 5.31. The van der Waals surface area contributed by atoms with Crippen LogP contribution in [0.15, 0.2) is 0 Å². The minimum Gasteiger partial charge on any atom is -0.460 e. The molecule has 18 heavy (non-hydrogen) atoms. The summed E-state index contributed by atoms with van der Waals surface area (Å²) in [4.78, 5) is 24.9. The minimum absolute atomic E-state index is 0.0578. The van der Waals surface area contributed by atoms with Gasteiger partial charge < -0.3 is 9.64 Å². The highest BCUT2D eigenvalue weighted by Gasteiger charge is 2.22. The number of hydrogen-bond acceptors (Lipinski definition) is 4. The van der Waals surface area contributed by atoms with Gasteiger partial charge in [-0.15, -0.1) is 0 Å². The molecule has 6 heteroatoms. The highest BCUT2D eigenvalue weighted by atomic mass is 32.2. The summed E-state index contributed by atoms with van der Waals surface area (Å²) >= 11 is 0. The lowest BCUT2D eigenvalue weighted by atomic mass is 10.2. The van der Waals surface area contributed by atoms with Gasteiger partial charge in [0, 0.05) is 41.8 Å². The smallest absolute Gasteiger partial charge is 0.306 e. The summed E-state index contributed by atoms with van der Waals surface area (Å²) in [6.07, 6.45) is 0.275. The summed E-state index contributed by atoms with van der Waals surface area (Å²) in [6.45, 7) is 6.45. The van der Waals surface area contributed by atoms with E-state index in [2.05, 4.69) is 0 Å². The fraction of sp³-hybridized carbons (Fsp3) is 0.833. The Morgan fingerprint density at radius 1 is 1.17 bits per heavy atom. The number of amides is 1. The molecule has 0 aromatic heterocycles. The number of esters is 1. The maximum atomic E-state index is 11.8. The zero-order chi connectivity index (χ0) is 13.8. The Labute approximate surface area is 110 Å². The van der Waals surface area contributed by atoms with Crippen molar-refractivity contribution in [3.05, 3.63) is 0 Å². The average Bonchev–Trinajstić information content (AvgIpc) is 2.24. The first-order valence-corrected chi connectivity index (χ1v) is 7.61. The van der Waals surface area contributed by atoms with Crippen molar-refractivity contribution in [1.82, 2.24) is 4.90 Å². The van der Waals surface area contributed by atoms with Gasteiger partial charge in [0.25, 0.3) is 0 Å². The molecule has 1 saturated heterocycles. The van der Waals surface area contributed by atoms with Crippen molar-refractivity contribution in [2.45, 2.75) is 39.2 Å². The van der Waals surface area contributed by atoms with Crippen molar-refractivity contribution in [1.29, 1.82) is 0 Å². The largest absolute Gasteiger partial charge is 0.460 e. The van der Waals surface area contributed by atoms with Crippen LogP contribution in [0.3, 0.4) is 0 Å². The van der Waals surface area contributed by atoms with Gasteiger partial charge in [-0.05, 0) is 20.8 Å². The van der Waals surface area contributed by atoms with Crippen molar-refractivity contribution in [3.63, 3.8) is 0 Å². The van der Waals surface area contributed by atoms with Crippen LogP contribution in [0.1, 0.15) is 33.6 Å². The van der Waals surface area contributed by atoms with E-state index in [0.717, 1.165) is 0 Å². The van der Waals surface area contributed by atoms with E-state index in [1.165, 1.54) is 0 Å². The standard InChI is InChI=1S/C12H21NO4S/c1-12(2,3)17-11(15)5-4-10(14)13-6-8-18(16)9-7-13/h4-9H2,1-3H3. The minimum atomic E-state index is -0.789. The molecule has 1 rings (SSSR count). The first-order valence-electron chi connectivity index (χ1n) is 6.12. The lowest BCUT2D eigenvalue weighted by Gasteiger charge is -2.26. The lowest BCUT2D eigenvalue weighted by molar-refractivity contribution is -0.156. The number of rotatable bonds is 3. The van der Waals surface area contributed by atoms with E-state index in [9.17, 15) is 13.8 Å². The quantitative estimate of drug-likeness (QED) is 0.711. The van der Waals surface area contributed by atoms with Crippen LogP contribution < -0.4 is 0 Å². The monoisotopic (exact) mass is 275 g/mol. The van der Waals surface area contributed by atoms with E-state index in [-0.39, 0.29) is 24.7 Å². The number of nitrogens with zero attached hydrogens (tertiary/aromatic N) is 1. The molecule has 0 bridgehead atoms. The van der Waals surface area contributed by atoms with Crippen molar-refractivity contribution in [3.8, 4) is 0 Å². The van der Waals surface area contributed by atoms with Gasteiger partial charge in [-0.2, -0.15) is 0 Å². The van der Waals surface area contributed by atoms with Gasteiger partial charge >= 0.3 is 5.97 Å². The second kappa shape index (κ2) is 6.31. The molecule has 0 radical (unpaired) electrons. The molecule has 5 nitrogen and oxygen atoms in total. The molecule has 0 atom stereocenters. The topological polar surface area (TPSA) is 63.7 Å². The van der Waals surface area contributed by atoms with Crippen molar-refractivity contribution in [2.75, 3.05) is 24.6 Å². The summed E-state index contributed by atoms with van der Waals surface area (Å²) in [7, 11) is -0.789. The molecular formula is C12H21NO4S. The normalized spacial score (nSPS) is 17.6. The predicted molar refractivity (Wildman–Crippen MR) is 69.5 cm³/mol. The Hall–Kier alpha value is -0.910. The Morgan fingerprint density at radius 3 is 2.22 bits per heavy atom. The third-order valence-corrected chi connectivity index (χ3v) is 3.77. The molecule has 1 heterocycles. The van der Waals surface area contributed by atoms with Gasteiger partial charge in [0.1, 0.15) is 5.60 Å². The molecule has 1 fully saturated rings. The predicted octanol–water partition coefficient (Wildman–Crippen LogP) is 0.699. The molecule has 0 spiro atoms. The van der Waals surface area contributed by atoms with Crippen LogP contribution in [0.25, 0.3) is 0 Å². The zero-order valence-electron chi connectivity index (χ0n) is 11.2. The Bertz CT molecular complexity index is 338. The van der Waals surface area contributed by atoms with Gasteiger partial charge in [0.05, 0.1) is 6.42 Å². The first-order chi connectivity index (χ1) is 8.28. The Morgan fingerprint density at radius 2 is 1.72 bits per heavy atom. The molecule has 0 aromatic carbocycles. The van der Waals surface area contributed by atoms with Crippen molar-refractivity contribution < 1.29 is 18.5 Å². The van der Waals surface area contributed by atoms with E-state index in [4.69, 9.17) is 4.74 Å². The van der Waals surface area contributed by atoms with Gasteiger partial charge in [-0.25, -0.2) is 0 Å². The highest BCUT2D eigenvalue weighted by Crippen LogP contribution is 2.10. The Balaban J connectivity index is 2.29. The van der Waals surface area contributed by atoms with Crippen LogP contribution in [0.2, 0.25) is 0 Å². The van der Waals surface area contributed by atoms with Gasteiger partial charge in [-0.1, -0.05) is 0 Å². The first kappa shape index (κ1) is 15.1. The summed E-state index contributed by atoms with van der Waals surface area (Å²) in [5, 5.41) is 0. The van der Waals surface area contributed by atoms with Crippen molar-refractivity contribution in [2.24, 2.45) is 0 Å². The molecule has 0 N–H and O–H groups in total. The van der Waals surface area contributed by atoms with E-state index in [0.29, 0.717) is 24.6 Å². The summed E-state index contributed by atoms with van der Waals surface area (Å²) < 4.78 is 16.3. The third-order valence-electron chi connectivity index (χ3n) is 2.49. The van der Waals surface area contributed by atoms with Crippen LogP contribution in [0.4, 0.5) is 0 Å². The van der Waals surface area contributed by atoms with Crippen LogP contribution in [0.5, 0.6) is 0 Å².